The molecule has 5 nitrogen and oxygen atoms in total. The highest BCUT2D eigenvalue weighted by Gasteiger charge is 2.10. The Bertz CT molecular complexity index is 448. The van der Waals surface area contributed by atoms with Crippen molar-refractivity contribution < 1.29 is 23.5 Å². The number of carbonyl (C=O) groups is 2. The van der Waals surface area contributed by atoms with Gasteiger partial charge in [0.1, 0.15) is 0 Å². The Morgan fingerprint density at radius 3 is 2.67 bits per heavy atom. The largest absolute Gasteiger partial charge is 0.494 e. The van der Waals surface area contributed by atoms with Crippen molar-refractivity contribution >= 4 is 11.9 Å². The van der Waals surface area contributed by atoms with Crippen LogP contribution in [0.2, 0.25) is 0 Å². The maximum absolute atomic E-state index is 13.3. The topological polar surface area (TPSA) is 64.6 Å². The maximum Gasteiger partial charge on any atom is 0.310 e. The Hall–Kier alpha value is -2.11. The molecule has 1 aromatic carbocycles. The third-order valence-corrected chi connectivity index (χ3v) is 2.21. The first-order valence-corrected chi connectivity index (χ1v) is 5.25. The summed E-state index contributed by atoms with van der Waals surface area (Å²) in [5.41, 5.74) is 0.454. The first kappa shape index (κ1) is 14.0. The van der Waals surface area contributed by atoms with E-state index in [1.165, 1.54) is 26.3 Å². The minimum Gasteiger partial charge on any atom is -0.494 e. The lowest BCUT2D eigenvalue weighted by molar-refractivity contribution is -0.147. The van der Waals surface area contributed by atoms with E-state index >= 15 is 0 Å². The third kappa shape index (κ3) is 4.04. The Kier molecular flexibility index (Phi) is 5.10. The minimum atomic E-state index is -0.594. The van der Waals surface area contributed by atoms with Crippen LogP contribution >= 0.6 is 0 Å². The Morgan fingerprint density at radius 1 is 1.39 bits per heavy atom. The molecule has 18 heavy (non-hydrogen) atoms. The number of likely N-dealkylation sites (N-methyl/N-ethyl adjacent to an activating group) is 1. The van der Waals surface area contributed by atoms with Crippen LogP contribution in [0.1, 0.15) is 5.56 Å². The molecule has 0 aliphatic heterocycles. The van der Waals surface area contributed by atoms with Gasteiger partial charge in [0.25, 0.3) is 5.91 Å². The molecule has 1 amide bonds. The lowest BCUT2D eigenvalue weighted by atomic mass is 10.1. The van der Waals surface area contributed by atoms with Crippen LogP contribution in [0.5, 0.6) is 5.75 Å². The number of hydrogen-bond donors (Lipinski definition) is 1. The third-order valence-electron chi connectivity index (χ3n) is 2.21. The zero-order valence-electron chi connectivity index (χ0n) is 10.2. The highest BCUT2D eigenvalue weighted by molar-refractivity contribution is 5.80. The first-order chi connectivity index (χ1) is 8.56. The van der Waals surface area contributed by atoms with Crippen LogP contribution in [0.15, 0.2) is 18.2 Å². The molecule has 6 heteroatoms. The second kappa shape index (κ2) is 6.58. The predicted octanol–water partition coefficient (Wildman–Crippen LogP) is 0.666. The van der Waals surface area contributed by atoms with E-state index in [9.17, 15) is 14.0 Å². The molecule has 0 bridgehead atoms. The van der Waals surface area contributed by atoms with E-state index in [2.05, 4.69) is 5.32 Å². The maximum atomic E-state index is 13.3. The molecule has 1 N–H and O–H groups in total. The van der Waals surface area contributed by atoms with Gasteiger partial charge in [-0.05, 0) is 17.7 Å². The molecule has 0 aromatic heterocycles. The fourth-order valence-electron chi connectivity index (χ4n) is 1.26. The summed E-state index contributed by atoms with van der Waals surface area (Å²) in [6.07, 6.45) is -0.0993. The Labute approximate surface area is 104 Å². The van der Waals surface area contributed by atoms with Gasteiger partial charge in [0.05, 0.1) is 13.5 Å². The zero-order valence-corrected chi connectivity index (χ0v) is 10.2. The number of benzene rings is 1. The fraction of sp³-hybridized carbons (Fsp3) is 0.333. The van der Waals surface area contributed by atoms with Crippen LogP contribution in [0, 0.1) is 5.82 Å². The van der Waals surface area contributed by atoms with E-state index in [-0.39, 0.29) is 18.8 Å². The molecule has 1 rings (SSSR count). The number of halogens is 1. The van der Waals surface area contributed by atoms with Crippen LogP contribution in [0.25, 0.3) is 0 Å². The van der Waals surface area contributed by atoms with Crippen molar-refractivity contribution in [2.75, 3.05) is 20.8 Å². The van der Waals surface area contributed by atoms with Crippen molar-refractivity contribution in [3.05, 3.63) is 29.6 Å². The zero-order chi connectivity index (χ0) is 13.5. The minimum absolute atomic E-state index is 0.0993. The van der Waals surface area contributed by atoms with E-state index in [0.29, 0.717) is 5.56 Å². The quantitative estimate of drug-likeness (QED) is 0.785. The van der Waals surface area contributed by atoms with Gasteiger partial charge >= 0.3 is 5.97 Å². The molecule has 0 saturated heterocycles. The lowest BCUT2D eigenvalue weighted by Crippen LogP contribution is -2.25. The summed E-state index contributed by atoms with van der Waals surface area (Å²) in [5.74, 6) is -1.43. The summed E-state index contributed by atoms with van der Waals surface area (Å²) in [4.78, 5) is 22.2. The van der Waals surface area contributed by atoms with E-state index in [1.54, 1.807) is 6.07 Å². The van der Waals surface area contributed by atoms with Gasteiger partial charge in [-0.3, -0.25) is 9.59 Å². The number of esters is 1. The second-order valence-electron chi connectivity index (χ2n) is 3.48. The lowest BCUT2D eigenvalue weighted by Gasteiger charge is -2.06. The fourth-order valence-corrected chi connectivity index (χ4v) is 1.26. The summed E-state index contributed by atoms with van der Waals surface area (Å²) in [6, 6.07) is 4.18. The van der Waals surface area contributed by atoms with Gasteiger partial charge in [-0.15, -0.1) is 0 Å². The van der Waals surface area contributed by atoms with Crippen molar-refractivity contribution in [3.63, 3.8) is 0 Å². The van der Waals surface area contributed by atoms with Gasteiger partial charge in [-0.2, -0.15) is 0 Å². The number of hydrogen-bond acceptors (Lipinski definition) is 4. The SMILES string of the molecule is CNC(=O)COC(=O)Cc1ccc(OC)c(F)c1. The molecule has 0 radical (unpaired) electrons. The molecule has 0 spiro atoms. The summed E-state index contributed by atoms with van der Waals surface area (Å²) >= 11 is 0. The number of nitrogens with one attached hydrogen (secondary N) is 1. The molecule has 98 valence electrons. The normalized spacial score (nSPS) is 9.72. The highest BCUT2D eigenvalue weighted by atomic mass is 19.1. The summed E-state index contributed by atoms with van der Waals surface area (Å²) in [5, 5.41) is 2.32. The average Bonchev–Trinajstić information content (AvgIpc) is 2.36. The van der Waals surface area contributed by atoms with Crippen LogP contribution in [-0.4, -0.2) is 32.6 Å². The molecule has 0 fully saturated rings. The summed E-state index contributed by atoms with van der Waals surface area (Å²) < 4.78 is 22.8. The molecule has 0 saturated carbocycles. The molecule has 0 atom stereocenters. The second-order valence-corrected chi connectivity index (χ2v) is 3.48. The van der Waals surface area contributed by atoms with Gasteiger partial charge in [0.2, 0.25) is 0 Å². The first-order valence-electron chi connectivity index (χ1n) is 5.25. The summed E-state index contributed by atoms with van der Waals surface area (Å²) in [7, 11) is 2.80. The standard InChI is InChI=1S/C12H14FNO4/c1-14-11(15)7-18-12(16)6-8-3-4-10(17-2)9(13)5-8/h3-5H,6-7H2,1-2H3,(H,14,15). The number of ether oxygens (including phenoxy) is 2. The number of amides is 1. The number of rotatable bonds is 5. The molecule has 1 aromatic rings. The average molecular weight is 255 g/mol. The monoisotopic (exact) mass is 255 g/mol. The van der Waals surface area contributed by atoms with Crippen molar-refractivity contribution in [2.45, 2.75) is 6.42 Å². The Balaban J connectivity index is 2.54. The van der Waals surface area contributed by atoms with E-state index in [0.717, 1.165) is 0 Å². The number of methoxy groups -OCH3 is 1. The molecular weight excluding hydrogens is 241 g/mol. The smallest absolute Gasteiger partial charge is 0.310 e. The molecule has 0 unspecified atom stereocenters. The van der Waals surface area contributed by atoms with Crippen molar-refractivity contribution in [1.29, 1.82) is 0 Å². The van der Waals surface area contributed by atoms with Crippen LogP contribution in [-0.2, 0) is 20.7 Å². The van der Waals surface area contributed by atoms with Crippen LogP contribution in [0.3, 0.4) is 0 Å². The van der Waals surface area contributed by atoms with Crippen molar-refractivity contribution in [1.82, 2.24) is 5.32 Å². The van der Waals surface area contributed by atoms with E-state index in [4.69, 9.17) is 9.47 Å². The van der Waals surface area contributed by atoms with E-state index < -0.39 is 17.7 Å². The van der Waals surface area contributed by atoms with Crippen LogP contribution in [0.4, 0.5) is 4.39 Å². The molecule has 0 heterocycles. The summed E-state index contributed by atoms with van der Waals surface area (Å²) in [6.45, 7) is -0.339. The highest BCUT2D eigenvalue weighted by Crippen LogP contribution is 2.18. The van der Waals surface area contributed by atoms with Gasteiger partial charge < -0.3 is 14.8 Å². The predicted molar refractivity (Wildman–Crippen MR) is 61.7 cm³/mol. The molecule has 0 aliphatic carbocycles. The Morgan fingerprint density at radius 2 is 2.11 bits per heavy atom. The van der Waals surface area contributed by atoms with E-state index in [1.807, 2.05) is 0 Å². The van der Waals surface area contributed by atoms with Gasteiger partial charge in [0.15, 0.2) is 18.2 Å². The van der Waals surface area contributed by atoms with Crippen LogP contribution < -0.4 is 10.1 Å². The molecule has 0 aliphatic rings. The van der Waals surface area contributed by atoms with Crippen molar-refractivity contribution in [2.24, 2.45) is 0 Å². The van der Waals surface area contributed by atoms with Gasteiger partial charge in [-0.1, -0.05) is 6.07 Å². The van der Waals surface area contributed by atoms with Gasteiger partial charge in [-0.25, -0.2) is 4.39 Å². The van der Waals surface area contributed by atoms with Gasteiger partial charge in [0, 0.05) is 7.05 Å². The van der Waals surface area contributed by atoms with Crippen molar-refractivity contribution in [3.8, 4) is 5.75 Å². The number of carbonyl (C=O) groups excluding carboxylic acids is 2. The molecular formula is C12H14FNO4.